The van der Waals surface area contributed by atoms with Gasteiger partial charge < -0.3 is 9.64 Å². The highest BCUT2D eigenvalue weighted by atomic mass is 32.1. The molecule has 2 aromatic rings. The lowest BCUT2D eigenvalue weighted by Gasteiger charge is -2.42. The maximum atomic E-state index is 13.6. The van der Waals surface area contributed by atoms with E-state index in [-0.39, 0.29) is 11.8 Å². The van der Waals surface area contributed by atoms with Crippen LogP contribution >= 0.6 is 11.3 Å². The summed E-state index contributed by atoms with van der Waals surface area (Å²) in [5.41, 5.74) is 0.334. The first-order chi connectivity index (χ1) is 13.2. The Morgan fingerprint density at radius 3 is 2.96 bits per heavy atom. The van der Waals surface area contributed by atoms with Crippen LogP contribution in [0.4, 0.5) is 0 Å². The fraction of sp³-hybridized carbons (Fsp3) is 0.524. The zero-order valence-electron chi connectivity index (χ0n) is 15.4. The van der Waals surface area contributed by atoms with Crippen molar-refractivity contribution in [2.75, 3.05) is 32.8 Å². The average molecular weight is 384 g/mol. The lowest BCUT2D eigenvalue weighted by atomic mass is 9.83. The first kappa shape index (κ1) is 17.3. The molecule has 0 N–H and O–H groups in total. The molecule has 5 nitrogen and oxygen atoms in total. The van der Waals surface area contributed by atoms with Gasteiger partial charge in [0.15, 0.2) is 5.60 Å². The van der Waals surface area contributed by atoms with Crippen molar-refractivity contribution in [3.8, 4) is 0 Å². The third kappa shape index (κ3) is 3.30. The quantitative estimate of drug-likeness (QED) is 0.797. The molecule has 3 aliphatic rings. The summed E-state index contributed by atoms with van der Waals surface area (Å²) < 4.78 is 6.33. The van der Waals surface area contributed by atoms with Gasteiger partial charge in [-0.2, -0.15) is 0 Å². The number of hydrogen-bond donors (Lipinski definition) is 0. The molecule has 2 saturated heterocycles. The number of pyridine rings is 1. The average Bonchev–Trinajstić information content (AvgIpc) is 3.22. The van der Waals surface area contributed by atoms with E-state index >= 15 is 0 Å². The number of likely N-dealkylation sites (tertiary alicyclic amines) is 1. The lowest BCUT2D eigenvalue weighted by molar-refractivity contribution is -0.172. The molecule has 6 heteroatoms. The molecule has 1 spiro atoms. The van der Waals surface area contributed by atoms with Crippen molar-refractivity contribution in [2.24, 2.45) is 5.92 Å². The van der Waals surface area contributed by atoms with Crippen molar-refractivity contribution in [3.63, 3.8) is 0 Å². The van der Waals surface area contributed by atoms with Gasteiger partial charge >= 0.3 is 0 Å². The SMILES string of the molecule is O=C1N(CC2CC2)CCO[C@@]12CN(Cc1cccs1)C[C@H]2c1cccnc1. The van der Waals surface area contributed by atoms with Crippen LogP contribution in [0.3, 0.4) is 0 Å². The van der Waals surface area contributed by atoms with E-state index in [1.54, 1.807) is 17.5 Å². The largest absolute Gasteiger partial charge is 0.361 e. The molecule has 4 heterocycles. The molecule has 3 fully saturated rings. The molecule has 5 rings (SSSR count). The number of thiophene rings is 1. The summed E-state index contributed by atoms with van der Waals surface area (Å²) in [6.45, 7) is 4.60. The fourth-order valence-electron chi connectivity index (χ4n) is 4.53. The Morgan fingerprint density at radius 2 is 2.22 bits per heavy atom. The van der Waals surface area contributed by atoms with Crippen LogP contribution in [0.2, 0.25) is 0 Å². The molecule has 2 aliphatic heterocycles. The second-order valence-electron chi connectivity index (χ2n) is 8.02. The van der Waals surface area contributed by atoms with Crippen LogP contribution in [-0.4, -0.2) is 59.1 Å². The lowest BCUT2D eigenvalue weighted by Crippen LogP contribution is -2.60. The maximum Gasteiger partial charge on any atom is 0.256 e. The van der Waals surface area contributed by atoms with Crippen LogP contribution in [0.5, 0.6) is 0 Å². The first-order valence-corrected chi connectivity index (χ1v) is 10.7. The minimum Gasteiger partial charge on any atom is -0.361 e. The number of morpholine rings is 1. The number of amides is 1. The van der Waals surface area contributed by atoms with E-state index in [9.17, 15) is 4.79 Å². The normalized spacial score (nSPS) is 29.0. The number of rotatable bonds is 5. The zero-order chi connectivity index (χ0) is 18.3. The van der Waals surface area contributed by atoms with Gasteiger partial charge in [0.2, 0.25) is 0 Å². The van der Waals surface area contributed by atoms with Crippen molar-refractivity contribution >= 4 is 17.2 Å². The van der Waals surface area contributed by atoms with Crippen molar-refractivity contribution < 1.29 is 9.53 Å². The molecule has 0 aromatic carbocycles. The van der Waals surface area contributed by atoms with Crippen LogP contribution in [0.1, 0.15) is 29.2 Å². The van der Waals surface area contributed by atoms with E-state index in [4.69, 9.17) is 4.74 Å². The highest BCUT2D eigenvalue weighted by molar-refractivity contribution is 7.09. The van der Waals surface area contributed by atoms with Gasteiger partial charge in [-0.25, -0.2) is 0 Å². The van der Waals surface area contributed by atoms with Gasteiger partial charge in [0, 0.05) is 55.9 Å². The van der Waals surface area contributed by atoms with Gasteiger partial charge in [-0.3, -0.25) is 14.7 Å². The number of ether oxygens (including phenoxy) is 1. The molecule has 0 bridgehead atoms. The van der Waals surface area contributed by atoms with Gasteiger partial charge in [0.25, 0.3) is 5.91 Å². The molecule has 142 valence electrons. The summed E-state index contributed by atoms with van der Waals surface area (Å²) in [5, 5.41) is 2.11. The molecule has 27 heavy (non-hydrogen) atoms. The number of carbonyl (C=O) groups excluding carboxylic acids is 1. The van der Waals surface area contributed by atoms with E-state index in [1.165, 1.54) is 17.7 Å². The summed E-state index contributed by atoms with van der Waals surface area (Å²) in [6, 6.07) is 8.30. The van der Waals surface area contributed by atoms with Gasteiger partial charge in [0.05, 0.1) is 6.61 Å². The van der Waals surface area contributed by atoms with E-state index in [0.29, 0.717) is 19.1 Å². The van der Waals surface area contributed by atoms with Crippen LogP contribution in [0, 0.1) is 5.92 Å². The fourth-order valence-corrected chi connectivity index (χ4v) is 5.28. The van der Waals surface area contributed by atoms with Crippen LogP contribution in [0.15, 0.2) is 42.0 Å². The Balaban J connectivity index is 1.45. The zero-order valence-corrected chi connectivity index (χ0v) is 16.2. The summed E-state index contributed by atoms with van der Waals surface area (Å²) in [7, 11) is 0. The van der Waals surface area contributed by atoms with E-state index < -0.39 is 5.60 Å². The topological polar surface area (TPSA) is 45.7 Å². The third-order valence-electron chi connectivity index (χ3n) is 6.05. The molecular formula is C21H25N3O2S. The molecule has 2 atom stereocenters. The number of hydrogen-bond acceptors (Lipinski definition) is 5. The molecular weight excluding hydrogens is 358 g/mol. The monoisotopic (exact) mass is 383 g/mol. The van der Waals surface area contributed by atoms with Crippen molar-refractivity contribution in [3.05, 3.63) is 52.5 Å². The molecule has 0 radical (unpaired) electrons. The number of aromatic nitrogens is 1. The van der Waals surface area contributed by atoms with Crippen LogP contribution in [0.25, 0.3) is 0 Å². The Kier molecular flexibility index (Phi) is 4.50. The van der Waals surface area contributed by atoms with Crippen molar-refractivity contribution in [1.82, 2.24) is 14.8 Å². The predicted molar refractivity (Wildman–Crippen MR) is 105 cm³/mol. The minimum atomic E-state index is -0.770. The number of carbonyl (C=O) groups is 1. The smallest absolute Gasteiger partial charge is 0.256 e. The highest BCUT2D eigenvalue weighted by Gasteiger charge is 2.57. The second kappa shape index (κ2) is 7.00. The van der Waals surface area contributed by atoms with Crippen molar-refractivity contribution in [1.29, 1.82) is 0 Å². The van der Waals surface area contributed by atoms with Gasteiger partial charge in [-0.15, -0.1) is 11.3 Å². The van der Waals surface area contributed by atoms with E-state index in [2.05, 4.69) is 38.4 Å². The molecule has 1 aliphatic carbocycles. The standard InChI is InChI=1S/C21H25N3O2S/c25-20-21(26-9-8-24(20)12-16-5-6-16)15-23(13-18-4-2-10-27-18)14-19(21)17-3-1-7-22-11-17/h1-4,7,10-11,16,19H,5-6,8-9,12-15H2/t19-,21+/m0/s1. The van der Waals surface area contributed by atoms with Gasteiger partial charge in [0.1, 0.15) is 0 Å². The van der Waals surface area contributed by atoms with E-state index in [1.807, 2.05) is 12.3 Å². The summed E-state index contributed by atoms with van der Waals surface area (Å²) in [6.07, 6.45) is 6.21. The first-order valence-electron chi connectivity index (χ1n) is 9.82. The minimum absolute atomic E-state index is 0.0284. The maximum absolute atomic E-state index is 13.6. The Bertz CT molecular complexity index is 793. The predicted octanol–water partition coefficient (Wildman–Crippen LogP) is 2.75. The van der Waals surface area contributed by atoms with E-state index in [0.717, 1.165) is 31.7 Å². The van der Waals surface area contributed by atoms with Crippen LogP contribution in [-0.2, 0) is 16.1 Å². The second-order valence-corrected chi connectivity index (χ2v) is 9.05. The van der Waals surface area contributed by atoms with Gasteiger partial charge in [-0.05, 0) is 41.8 Å². The third-order valence-corrected chi connectivity index (χ3v) is 6.92. The highest BCUT2D eigenvalue weighted by Crippen LogP contribution is 2.43. The Morgan fingerprint density at radius 1 is 1.30 bits per heavy atom. The molecule has 2 aromatic heterocycles. The van der Waals surface area contributed by atoms with Crippen LogP contribution < -0.4 is 0 Å². The summed E-state index contributed by atoms with van der Waals surface area (Å²) >= 11 is 1.77. The summed E-state index contributed by atoms with van der Waals surface area (Å²) in [4.78, 5) is 23.7. The molecule has 0 unspecified atom stereocenters. The van der Waals surface area contributed by atoms with Gasteiger partial charge in [-0.1, -0.05) is 12.1 Å². The number of nitrogens with zero attached hydrogens (tertiary/aromatic N) is 3. The molecule has 1 amide bonds. The Labute approximate surface area is 164 Å². The molecule has 1 saturated carbocycles. The Hall–Kier alpha value is -1.76. The summed E-state index contributed by atoms with van der Waals surface area (Å²) in [5.74, 6) is 0.911. The van der Waals surface area contributed by atoms with Crippen molar-refractivity contribution in [2.45, 2.75) is 30.9 Å².